The van der Waals surface area contributed by atoms with E-state index in [2.05, 4.69) is 20.8 Å². The number of anilines is 2. The van der Waals surface area contributed by atoms with Crippen LogP contribution < -0.4 is 10.6 Å². The van der Waals surface area contributed by atoms with Crippen molar-refractivity contribution in [2.75, 3.05) is 10.6 Å². The lowest BCUT2D eigenvalue weighted by atomic mass is 10.0. The second kappa shape index (κ2) is 7.98. The number of benzene rings is 2. The maximum atomic E-state index is 13.9. The molecule has 2 aromatic heterocycles. The van der Waals surface area contributed by atoms with Gasteiger partial charge in [-0.1, -0.05) is 35.0 Å². The van der Waals surface area contributed by atoms with Crippen LogP contribution >= 0.6 is 0 Å². The van der Waals surface area contributed by atoms with E-state index in [1.165, 1.54) is 25.1 Å². The van der Waals surface area contributed by atoms with E-state index in [9.17, 15) is 14.0 Å². The molecular formula is C23H19FN4O3. The number of aryl methyl sites for hydroxylation is 2. The molecule has 2 amide bonds. The SMILES string of the molecule is CC(=O)Nc1cc(NC(=O)c2cc(-c3ccc(C)cc3)nc3onc(C)c23)ccc1F. The summed E-state index contributed by atoms with van der Waals surface area (Å²) in [5, 5.41) is 9.57. The first-order valence-electron chi connectivity index (χ1n) is 9.54. The van der Waals surface area contributed by atoms with Gasteiger partial charge in [0, 0.05) is 18.2 Å². The lowest BCUT2D eigenvalue weighted by Crippen LogP contribution is -2.14. The quantitative estimate of drug-likeness (QED) is 0.493. The summed E-state index contributed by atoms with van der Waals surface area (Å²) in [4.78, 5) is 28.9. The predicted molar refractivity (Wildman–Crippen MR) is 115 cm³/mol. The first-order chi connectivity index (χ1) is 14.8. The van der Waals surface area contributed by atoms with Crippen LogP contribution in [0.15, 0.2) is 53.1 Å². The van der Waals surface area contributed by atoms with Gasteiger partial charge in [-0.25, -0.2) is 9.37 Å². The van der Waals surface area contributed by atoms with Crippen LogP contribution in [0.25, 0.3) is 22.4 Å². The third kappa shape index (κ3) is 4.13. The smallest absolute Gasteiger partial charge is 0.259 e. The topological polar surface area (TPSA) is 97.1 Å². The summed E-state index contributed by atoms with van der Waals surface area (Å²) in [6.45, 7) is 4.99. The number of aromatic nitrogens is 2. The first-order valence-corrected chi connectivity index (χ1v) is 9.54. The van der Waals surface area contributed by atoms with Crippen LogP contribution in [0.1, 0.15) is 28.5 Å². The second-order valence-electron chi connectivity index (χ2n) is 7.20. The Morgan fingerprint density at radius 1 is 1.00 bits per heavy atom. The molecule has 31 heavy (non-hydrogen) atoms. The molecule has 8 heteroatoms. The van der Waals surface area contributed by atoms with E-state index in [1.54, 1.807) is 13.0 Å². The van der Waals surface area contributed by atoms with Crippen LogP contribution in [0, 0.1) is 19.7 Å². The summed E-state index contributed by atoms with van der Waals surface area (Å²) in [6.07, 6.45) is 0. The molecule has 0 aliphatic heterocycles. The summed E-state index contributed by atoms with van der Waals surface area (Å²) in [6, 6.07) is 13.3. The summed E-state index contributed by atoms with van der Waals surface area (Å²) >= 11 is 0. The molecule has 4 rings (SSSR count). The number of carbonyl (C=O) groups excluding carboxylic acids is 2. The molecule has 0 aliphatic carbocycles. The van der Waals surface area contributed by atoms with Crippen molar-refractivity contribution in [1.82, 2.24) is 10.1 Å². The molecule has 0 radical (unpaired) electrons. The fourth-order valence-corrected chi connectivity index (χ4v) is 3.23. The van der Waals surface area contributed by atoms with Gasteiger partial charge in [-0.15, -0.1) is 0 Å². The Hall–Kier alpha value is -4.07. The number of amides is 2. The lowest BCUT2D eigenvalue weighted by Gasteiger charge is -2.10. The molecule has 156 valence electrons. The van der Waals surface area contributed by atoms with Gasteiger partial charge < -0.3 is 15.2 Å². The number of nitrogens with zero attached hydrogens (tertiary/aromatic N) is 2. The Labute approximate surface area is 177 Å². The van der Waals surface area contributed by atoms with Crippen LogP contribution in [0.4, 0.5) is 15.8 Å². The molecule has 2 aromatic carbocycles. The van der Waals surface area contributed by atoms with Gasteiger partial charge in [0.2, 0.25) is 5.91 Å². The molecule has 0 aliphatic rings. The third-order valence-electron chi connectivity index (χ3n) is 4.74. The number of halogens is 1. The minimum absolute atomic E-state index is 0.0216. The number of fused-ring (bicyclic) bond motifs is 1. The Kier molecular flexibility index (Phi) is 5.21. The van der Waals surface area contributed by atoms with Gasteiger partial charge in [0.25, 0.3) is 11.6 Å². The number of carbonyl (C=O) groups is 2. The largest absolute Gasteiger partial charge is 0.335 e. The van der Waals surface area contributed by atoms with E-state index in [0.717, 1.165) is 11.1 Å². The average molecular weight is 418 g/mol. The van der Waals surface area contributed by atoms with Gasteiger partial charge in [0.05, 0.1) is 28.0 Å². The fraction of sp³-hybridized carbons (Fsp3) is 0.130. The minimum Gasteiger partial charge on any atom is -0.335 e. The van der Waals surface area contributed by atoms with E-state index in [0.29, 0.717) is 28.0 Å². The Balaban J connectivity index is 1.74. The molecule has 4 aromatic rings. The number of hydrogen-bond donors (Lipinski definition) is 2. The van der Waals surface area contributed by atoms with E-state index in [-0.39, 0.29) is 11.4 Å². The summed E-state index contributed by atoms with van der Waals surface area (Å²) in [5.74, 6) is -1.45. The lowest BCUT2D eigenvalue weighted by molar-refractivity contribution is -0.114. The first kappa shape index (κ1) is 20.2. The Morgan fingerprint density at radius 2 is 1.74 bits per heavy atom. The van der Waals surface area contributed by atoms with Gasteiger partial charge in [-0.2, -0.15) is 0 Å². The van der Waals surface area contributed by atoms with Gasteiger partial charge in [0.15, 0.2) is 0 Å². The van der Waals surface area contributed by atoms with Crippen LogP contribution in [-0.2, 0) is 4.79 Å². The van der Waals surface area contributed by atoms with E-state index < -0.39 is 17.6 Å². The molecule has 0 saturated carbocycles. The zero-order valence-corrected chi connectivity index (χ0v) is 17.1. The van der Waals surface area contributed by atoms with Crippen LogP contribution in [0.3, 0.4) is 0 Å². The van der Waals surface area contributed by atoms with Gasteiger partial charge in [-0.05, 0) is 38.1 Å². The number of pyridine rings is 1. The highest BCUT2D eigenvalue weighted by atomic mass is 19.1. The Morgan fingerprint density at radius 3 is 2.45 bits per heavy atom. The molecule has 7 nitrogen and oxygen atoms in total. The highest BCUT2D eigenvalue weighted by Crippen LogP contribution is 2.28. The standard InChI is InChI=1S/C23H19FN4O3/c1-12-4-6-15(7-5-12)19-11-17(21-13(2)28-31-23(21)27-19)22(30)26-16-8-9-18(24)20(10-16)25-14(3)29/h4-11H,1-3H3,(H,25,29)(H,26,30). The average Bonchev–Trinajstić information content (AvgIpc) is 3.11. The monoisotopic (exact) mass is 418 g/mol. The molecule has 0 saturated heterocycles. The Bertz CT molecular complexity index is 1310. The molecule has 2 N–H and O–H groups in total. The van der Waals surface area contributed by atoms with Gasteiger partial charge in [0.1, 0.15) is 5.82 Å². The number of hydrogen-bond acceptors (Lipinski definition) is 5. The van der Waals surface area contributed by atoms with E-state index >= 15 is 0 Å². The zero-order chi connectivity index (χ0) is 22.1. The maximum Gasteiger partial charge on any atom is 0.259 e. The maximum absolute atomic E-state index is 13.9. The van der Waals surface area contributed by atoms with E-state index in [4.69, 9.17) is 4.52 Å². The molecule has 0 fully saturated rings. The molecule has 0 spiro atoms. The molecule has 0 atom stereocenters. The van der Waals surface area contributed by atoms with Gasteiger partial charge >= 0.3 is 0 Å². The summed E-state index contributed by atoms with van der Waals surface area (Å²) in [7, 11) is 0. The summed E-state index contributed by atoms with van der Waals surface area (Å²) < 4.78 is 19.2. The van der Waals surface area contributed by atoms with Crippen molar-refractivity contribution in [2.45, 2.75) is 20.8 Å². The molecule has 0 bridgehead atoms. The van der Waals surface area contributed by atoms with Crippen molar-refractivity contribution >= 4 is 34.3 Å². The highest BCUT2D eigenvalue weighted by Gasteiger charge is 2.20. The minimum atomic E-state index is -0.601. The molecule has 0 unspecified atom stereocenters. The van der Waals surface area contributed by atoms with Crippen molar-refractivity contribution in [3.05, 3.63) is 71.2 Å². The van der Waals surface area contributed by atoms with Crippen molar-refractivity contribution in [2.24, 2.45) is 0 Å². The van der Waals surface area contributed by atoms with Crippen LogP contribution in [-0.4, -0.2) is 22.0 Å². The van der Waals surface area contributed by atoms with Crippen molar-refractivity contribution in [3.8, 4) is 11.3 Å². The van der Waals surface area contributed by atoms with Crippen molar-refractivity contribution < 1.29 is 18.5 Å². The predicted octanol–water partition coefficient (Wildman–Crippen LogP) is 4.86. The van der Waals surface area contributed by atoms with Crippen LogP contribution in [0.2, 0.25) is 0 Å². The van der Waals surface area contributed by atoms with Gasteiger partial charge in [-0.3, -0.25) is 9.59 Å². The van der Waals surface area contributed by atoms with E-state index in [1.807, 2.05) is 31.2 Å². The normalized spacial score (nSPS) is 10.8. The number of nitrogens with one attached hydrogen (secondary N) is 2. The second-order valence-corrected chi connectivity index (χ2v) is 7.20. The molecule has 2 heterocycles. The summed E-state index contributed by atoms with van der Waals surface area (Å²) in [5.41, 5.74) is 3.89. The highest BCUT2D eigenvalue weighted by molar-refractivity contribution is 6.13. The molecular weight excluding hydrogens is 399 g/mol. The van der Waals surface area contributed by atoms with Crippen molar-refractivity contribution in [3.63, 3.8) is 0 Å². The number of rotatable bonds is 4. The zero-order valence-electron chi connectivity index (χ0n) is 17.1. The van der Waals surface area contributed by atoms with Crippen LogP contribution in [0.5, 0.6) is 0 Å². The third-order valence-corrected chi connectivity index (χ3v) is 4.74. The van der Waals surface area contributed by atoms with Crippen molar-refractivity contribution in [1.29, 1.82) is 0 Å². The fourth-order valence-electron chi connectivity index (χ4n) is 3.23.